The van der Waals surface area contributed by atoms with E-state index in [-0.39, 0.29) is 0 Å². The minimum Gasteiger partial charge on any atom is -0.351 e. The molecule has 2 aliphatic heterocycles. The molecule has 1 atom stereocenters. The molecule has 0 aromatic carbocycles. The number of likely N-dealkylation sites (tertiary alicyclic amines) is 1. The Morgan fingerprint density at radius 2 is 2.00 bits per heavy atom. The van der Waals surface area contributed by atoms with Crippen molar-refractivity contribution in [1.29, 1.82) is 0 Å². The van der Waals surface area contributed by atoms with E-state index >= 15 is 0 Å². The van der Waals surface area contributed by atoms with Crippen LogP contribution >= 0.6 is 15.9 Å². The van der Waals surface area contributed by atoms with Gasteiger partial charge in [0.2, 0.25) is 0 Å². The largest absolute Gasteiger partial charge is 0.351 e. The summed E-state index contributed by atoms with van der Waals surface area (Å²) < 4.78 is 1.01. The van der Waals surface area contributed by atoms with Gasteiger partial charge in [-0.15, -0.1) is 0 Å². The Kier molecular flexibility index (Phi) is 4.33. The van der Waals surface area contributed by atoms with Gasteiger partial charge in [0.05, 0.1) is 4.47 Å². The molecule has 3 heterocycles. The summed E-state index contributed by atoms with van der Waals surface area (Å²) in [6.07, 6.45) is 10.2. The van der Waals surface area contributed by atoms with Crippen molar-refractivity contribution >= 4 is 21.7 Å². The highest BCUT2D eigenvalue weighted by atomic mass is 79.9. The van der Waals surface area contributed by atoms with Crippen molar-refractivity contribution in [2.24, 2.45) is 0 Å². The minimum absolute atomic E-state index is 0.615. The smallest absolute Gasteiger partial charge is 0.146 e. The Bertz CT molecular complexity index is 420. The van der Waals surface area contributed by atoms with Crippen molar-refractivity contribution in [2.75, 3.05) is 31.1 Å². The third-order valence-electron chi connectivity index (χ3n) is 4.22. The van der Waals surface area contributed by atoms with Gasteiger partial charge in [0, 0.05) is 25.3 Å². The van der Waals surface area contributed by atoms with Crippen molar-refractivity contribution in [3.05, 3.63) is 17.0 Å². The summed E-state index contributed by atoms with van der Waals surface area (Å²) in [5.41, 5.74) is 0. The SMILES string of the molecule is Brc1cncnc1N1CCC[C@@H]1CN1CCCCC1. The molecule has 5 heteroatoms. The predicted octanol–water partition coefficient (Wildman–Crippen LogP) is 2.69. The van der Waals surface area contributed by atoms with Gasteiger partial charge in [-0.2, -0.15) is 0 Å². The summed E-state index contributed by atoms with van der Waals surface area (Å²) in [5, 5.41) is 0. The van der Waals surface area contributed by atoms with Crippen LogP contribution in [0.1, 0.15) is 32.1 Å². The summed E-state index contributed by atoms with van der Waals surface area (Å²) in [6.45, 7) is 4.86. The van der Waals surface area contributed by atoms with Crippen LogP contribution in [0.4, 0.5) is 5.82 Å². The molecule has 1 aromatic heterocycles. The molecule has 4 nitrogen and oxygen atoms in total. The molecule has 104 valence electrons. The van der Waals surface area contributed by atoms with Crippen LogP contribution in [0.15, 0.2) is 17.0 Å². The number of anilines is 1. The van der Waals surface area contributed by atoms with Crippen molar-refractivity contribution in [3.63, 3.8) is 0 Å². The zero-order chi connectivity index (χ0) is 13.1. The Balaban J connectivity index is 1.69. The van der Waals surface area contributed by atoms with Crippen molar-refractivity contribution in [3.8, 4) is 0 Å². The van der Waals surface area contributed by atoms with E-state index < -0.39 is 0 Å². The van der Waals surface area contributed by atoms with Gasteiger partial charge in [0.15, 0.2) is 0 Å². The highest BCUT2D eigenvalue weighted by molar-refractivity contribution is 9.10. The van der Waals surface area contributed by atoms with E-state index in [0.29, 0.717) is 6.04 Å². The Morgan fingerprint density at radius 3 is 2.79 bits per heavy atom. The van der Waals surface area contributed by atoms with E-state index in [1.54, 1.807) is 6.33 Å². The second-order valence-corrected chi connectivity index (χ2v) is 6.40. The van der Waals surface area contributed by atoms with Gasteiger partial charge in [-0.25, -0.2) is 9.97 Å². The van der Waals surface area contributed by atoms with Crippen LogP contribution in [0.3, 0.4) is 0 Å². The molecule has 0 unspecified atom stereocenters. The molecule has 1 aromatic rings. The van der Waals surface area contributed by atoms with Crippen molar-refractivity contribution < 1.29 is 0 Å². The van der Waals surface area contributed by atoms with Crippen molar-refractivity contribution in [2.45, 2.75) is 38.1 Å². The molecule has 0 bridgehead atoms. The van der Waals surface area contributed by atoms with Gasteiger partial charge < -0.3 is 9.80 Å². The van der Waals surface area contributed by atoms with Crippen LogP contribution in [0.25, 0.3) is 0 Å². The zero-order valence-electron chi connectivity index (χ0n) is 11.3. The lowest BCUT2D eigenvalue weighted by molar-refractivity contribution is 0.216. The van der Waals surface area contributed by atoms with Gasteiger partial charge in [-0.3, -0.25) is 0 Å². The van der Waals surface area contributed by atoms with Gasteiger partial charge >= 0.3 is 0 Å². The normalized spacial score (nSPS) is 24.9. The zero-order valence-corrected chi connectivity index (χ0v) is 12.8. The molecule has 3 rings (SSSR count). The molecule has 0 N–H and O–H groups in total. The summed E-state index contributed by atoms with van der Waals surface area (Å²) in [4.78, 5) is 13.6. The lowest BCUT2D eigenvalue weighted by Gasteiger charge is -2.33. The average molecular weight is 325 g/mol. The monoisotopic (exact) mass is 324 g/mol. The van der Waals surface area contributed by atoms with E-state index in [4.69, 9.17) is 0 Å². The summed E-state index contributed by atoms with van der Waals surface area (Å²) in [6, 6.07) is 0.615. The van der Waals surface area contributed by atoms with Gasteiger partial charge in [-0.05, 0) is 54.7 Å². The van der Waals surface area contributed by atoms with Crippen molar-refractivity contribution in [1.82, 2.24) is 14.9 Å². The molecule has 2 aliphatic rings. The second kappa shape index (κ2) is 6.18. The summed E-state index contributed by atoms with van der Waals surface area (Å²) >= 11 is 3.58. The fourth-order valence-electron chi connectivity index (χ4n) is 3.26. The fourth-order valence-corrected chi connectivity index (χ4v) is 3.71. The number of rotatable bonds is 3. The molecule has 0 saturated carbocycles. The van der Waals surface area contributed by atoms with Crippen LogP contribution < -0.4 is 4.90 Å². The maximum absolute atomic E-state index is 4.45. The quantitative estimate of drug-likeness (QED) is 0.855. The van der Waals surface area contributed by atoms with Crippen LogP contribution in [0.2, 0.25) is 0 Å². The fraction of sp³-hybridized carbons (Fsp3) is 0.714. The Labute approximate surface area is 123 Å². The number of halogens is 1. The summed E-state index contributed by atoms with van der Waals surface area (Å²) in [7, 11) is 0. The third-order valence-corrected chi connectivity index (χ3v) is 4.77. The predicted molar refractivity (Wildman–Crippen MR) is 80.4 cm³/mol. The van der Waals surface area contributed by atoms with Gasteiger partial charge in [-0.1, -0.05) is 6.42 Å². The van der Waals surface area contributed by atoms with Gasteiger partial charge in [0.25, 0.3) is 0 Å². The molecule has 0 spiro atoms. The molecule has 0 aliphatic carbocycles. The molecular formula is C14H21BrN4. The first kappa shape index (κ1) is 13.3. The lowest BCUT2D eigenvalue weighted by Crippen LogP contribution is -2.42. The topological polar surface area (TPSA) is 32.3 Å². The maximum Gasteiger partial charge on any atom is 0.146 e. The maximum atomic E-state index is 4.45. The number of hydrogen-bond acceptors (Lipinski definition) is 4. The van der Waals surface area contributed by atoms with Gasteiger partial charge in [0.1, 0.15) is 12.1 Å². The molecule has 19 heavy (non-hydrogen) atoms. The third kappa shape index (κ3) is 3.08. The van der Waals surface area contributed by atoms with Crippen LogP contribution in [0, 0.1) is 0 Å². The highest BCUT2D eigenvalue weighted by Crippen LogP contribution is 2.30. The molecule has 2 fully saturated rings. The standard InChI is InChI=1S/C14H21BrN4/c15-13-9-16-11-17-14(13)19-8-4-5-12(19)10-18-6-2-1-3-7-18/h9,11-12H,1-8,10H2/t12-/m1/s1. The number of aromatic nitrogens is 2. The lowest BCUT2D eigenvalue weighted by atomic mass is 10.1. The molecular weight excluding hydrogens is 304 g/mol. The van der Waals surface area contributed by atoms with Crippen LogP contribution in [0.5, 0.6) is 0 Å². The second-order valence-electron chi connectivity index (χ2n) is 5.54. The van der Waals surface area contributed by atoms with Crippen LogP contribution in [-0.4, -0.2) is 47.1 Å². The minimum atomic E-state index is 0.615. The van der Waals surface area contributed by atoms with E-state index in [9.17, 15) is 0 Å². The first-order valence-electron chi connectivity index (χ1n) is 7.29. The summed E-state index contributed by atoms with van der Waals surface area (Å²) in [5.74, 6) is 1.06. The van der Waals surface area contributed by atoms with E-state index in [0.717, 1.165) is 16.8 Å². The van der Waals surface area contributed by atoms with E-state index in [2.05, 4.69) is 35.7 Å². The highest BCUT2D eigenvalue weighted by Gasteiger charge is 2.29. The molecule has 0 amide bonds. The van der Waals surface area contributed by atoms with E-state index in [1.807, 2.05) is 6.20 Å². The number of piperidine rings is 1. The average Bonchev–Trinajstić information content (AvgIpc) is 2.88. The molecule has 0 radical (unpaired) electrons. The first-order chi connectivity index (χ1) is 9.34. The first-order valence-corrected chi connectivity index (χ1v) is 8.08. The van der Waals surface area contributed by atoms with Crippen LogP contribution in [-0.2, 0) is 0 Å². The molecule has 2 saturated heterocycles. The Hall–Kier alpha value is -0.680. The van der Waals surface area contributed by atoms with E-state index in [1.165, 1.54) is 51.7 Å². The Morgan fingerprint density at radius 1 is 1.16 bits per heavy atom. The number of nitrogens with zero attached hydrogens (tertiary/aromatic N) is 4. The number of hydrogen-bond donors (Lipinski definition) is 0.